The molecule has 1 unspecified atom stereocenters. The number of rotatable bonds is 6. The summed E-state index contributed by atoms with van der Waals surface area (Å²) in [6.45, 7) is 6.66. The summed E-state index contributed by atoms with van der Waals surface area (Å²) in [6.07, 6.45) is 0. The predicted molar refractivity (Wildman–Crippen MR) is 87.5 cm³/mol. The maximum Gasteiger partial charge on any atom is 0.143 e. The number of benzene rings is 2. The minimum atomic E-state index is 0.0323. The predicted octanol–water partition coefficient (Wildman–Crippen LogP) is 3.04. The summed E-state index contributed by atoms with van der Waals surface area (Å²) in [5, 5.41) is 14.4. The van der Waals surface area contributed by atoms with E-state index in [9.17, 15) is 0 Å². The molecular weight excluding hydrogens is 262 g/mol. The molecule has 4 heteroatoms. The molecule has 112 valence electrons. The van der Waals surface area contributed by atoms with E-state index in [1.807, 2.05) is 6.92 Å². The Kier molecular flexibility index (Phi) is 5.17. The van der Waals surface area contributed by atoms with E-state index in [0.717, 1.165) is 19.6 Å². The van der Waals surface area contributed by atoms with E-state index in [1.165, 1.54) is 16.3 Å². The number of fused-ring (bicyclic) bond motifs is 1. The summed E-state index contributed by atoms with van der Waals surface area (Å²) in [5.41, 5.74) is 6.98. The van der Waals surface area contributed by atoms with Gasteiger partial charge in [0.1, 0.15) is 5.84 Å². The molecule has 0 saturated carbocycles. The van der Waals surface area contributed by atoms with Crippen molar-refractivity contribution in [1.82, 2.24) is 4.90 Å². The molecule has 0 aliphatic carbocycles. The van der Waals surface area contributed by atoms with Crippen LogP contribution in [0.2, 0.25) is 0 Å². The first-order valence-electron chi connectivity index (χ1n) is 7.32. The fourth-order valence-electron chi connectivity index (χ4n) is 2.56. The molecule has 2 rings (SSSR count). The summed E-state index contributed by atoms with van der Waals surface area (Å²) >= 11 is 0. The Hall–Kier alpha value is -2.07. The molecule has 4 nitrogen and oxygen atoms in total. The third-order valence-electron chi connectivity index (χ3n) is 3.87. The van der Waals surface area contributed by atoms with Gasteiger partial charge in [-0.25, -0.2) is 0 Å². The lowest BCUT2D eigenvalue weighted by atomic mass is 10.0. The van der Waals surface area contributed by atoms with Crippen LogP contribution in [0.4, 0.5) is 0 Å². The summed E-state index contributed by atoms with van der Waals surface area (Å²) in [4.78, 5) is 2.31. The van der Waals surface area contributed by atoms with Crippen LogP contribution in [0.3, 0.4) is 0 Å². The van der Waals surface area contributed by atoms with Crippen molar-refractivity contribution >= 4 is 16.6 Å². The van der Waals surface area contributed by atoms with Gasteiger partial charge in [0.15, 0.2) is 0 Å². The van der Waals surface area contributed by atoms with E-state index >= 15 is 0 Å². The second-order valence-corrected chi connectivity index (χ2v) is 5.39. The van der Waals surface area contributed by atoms with Crippen molar-refractivity contribution in [2.75, 3.05) is 13.1 Å². The maximum atomic E-state index is 8.77. The normalized spacial score (nSPS) is 13.8. The van der Waals surface area contributed by atoms with Gasteiger partial charge in [-0.1, -0.05) is 61.5 Å². The van der Waals surface area contributed by atoms with Crippen LogP contribution in [0.5, 0.6) is 0 Å². The van der Waals surface area contributed by atoms with Gasteiger partial charge < -0.3 is 10.9 Å². The highest BCUT2D eigenvalue weighted by Crippen LogP contribution is 2.20. The molecule has 2 aromatic rings. The van der Waals surface area contributed by atoms with Crippen LogP contribution >= 0.6 is 0 Å². The third kappa shape index (κ3) is 3.73. The monoisotopic (exact) mass is 285 g/mol. The van der Waals surface area contributed by atoms with Gasteiger partial charge in [0.25, 0.3) is 0 Å². The SMILES string of the molecule is CCN(Cc1cccc2ccccc12)CC(C)C(N)=NO. The molecule has 0 aromatic heterocycles. The fraction of sp³-hybridized carbons (Fsp3) is 0.353. The summed E-state index contributed by atoms with van der Waals surface area (Å²) in [7, 11) is 0. The van der Waals surface area contributed by atoms with E-state index in [-0.39, 0.29) is 11.8 Å². The van der Waals surface area contributed by atoms with Gasteiger partial charge in [0.2, 0.25) is 0 Å². The molecule has 3 N–H and O–H groups in total. The average Bonchev–Trinajstić information content (AvgIpc) is 2.53. The molecule has 0 fully saturated rings. The largest absolute Gasteiger partial charge is 0.409 e. The van der Waals surface area contributed by atoms with Crippen LogP contribution in [-0.4, -0.2) is 29.0 Å². The van der Waals surface area contributed by atoms with Crippen molar-refractivity contribution < 1.29 is 5.21 Å². The first-order valence-corrected chi connectivity index (χ1v) is 7.32. The molecule has 0 aliphatic heterocycles. The highest BCUT2D eigenvalue weighted by Gasteiger charge is 2.13. The Labute approximate surface area is 125 Å². The van der Waals surface area contributed by atoms with E-state index < -0.39 is 0 Å². The Bertz CT molecular complexity index is 619. The van der Waals surface area contributed by atoms with Gasteiger partial charge in [0.05, 0.1) is 0 Å². The van der Waals surface area contributed by atoms with Crippen LogP contribution in [0.1, 0.15) is 19.4 Å². The zero-order valence-corrected chi connectivity index (χ0v) is 12.7. The molecule has 0 amide bonds. The van der Waals surface area contributed by atoms with Crippen molar-refractivity contribution in [3.8, 4) is 0 Å². The molecule has 0 bridgehead atoms. The number of oxime groups is 1. The molecule has 1 atom stereocenters. The highest BCUT2D eigenvalue weighted by molar-refractivity contribution is 5.85. The van der Waals surface area contributed by atoms with Crippen molar-refractivity contribution in [1.29, 1.82) is 0 Å². The van der Waals surface area contributed by atoms with Gasteiger partial charge in [-0.05, 0) is 22.9 Å². The smallest absolute Gasteiger partial charge is 0.143 e. The Morgan fingerprint density at radius 3 is 2.67 bits per heavy atom. The van der Waals surface area contributed by atoms with Gasteiger partial charge in [-0.15, -0.1) is 0 Å². The third-order valence-corrected chi connectivity index (χ3v) is 3.87. The Balaban J connectivity index is 2.17. The van der Waals surface area contributed by atoms with Crippen molar-refractivity contribution in [2.45, 2.75) is 20.4 Å². The standard InChI is InChI=1S/C17H23N3O/c1-3-20(11-13(2)17(18)19-21)12-15-9-6-8-14-7-4-5-10-16(14)15/h4-10,13,21H,3,11-12H2,1-2H3,(H2,18,19). The van der Waals surface area contributed by atoms with Crippen LogP contribution in [0.15, 0.2) is 47.6 Å². The average molecular weight is 285 g/mol. The number of hydrogen-bond donors (Lipinski definition) is 2. The molecule has 21 heavy (non-hydrogen) atoms. The molecule has 0 spiro atoms. The van der Waals surface area contributed by atoms with Crippen LogP contribution in [0, 0.1) is 5.92 Å². The minimum Gasteiger partial charge on any atom is -0.409 e. The number of nitrogens with two attached hydrogens (primary N) is 1. The van der Waals surface area contributed by atoms with Crippen LogP contribution in [-0.2, 0) is 6.54 Å². The zero-order valence-electron chi connectivity index (χ0n) is 12.7. The van der Waals surface area contributed by atoms with Gasteiger partial charge in [0, 0.05) is 19.0 Å². The quantitative estimate of drug-likeness (QED) is 0.371. The Morgan fingerprint density at radius 2 is 1.95 bits per heavy atom. The first-order chi connectivity index (χ1) is 10.2. The molecule has 0 aliphatic rings. The number of hydrogen-bond acceptors (Lipinski definition) is 3. The van der Waals surface area contributed by atoms with E-state index in [1.54, 1.807) is 0 Å². The second-order valence-electron chi connectivity index (χ2n) is 5.39. The van der Waals surface area contributed by atoms with Gasteiger partial charge >= 0.3 is 0 Å². The highest BCUT2D eigenvalue weighted by atomic mass is 16.4. The maximum absolute atomic E-state index is 8.77. The summed E-state index contributed by atoms with van der Waals surface area (Å²) in [5.74, 6) is 0.316. The van der Waals surface area contributed by atoms with Crippen LogP contribution in [0.25, 0.3) is 10.8 Å². The second kappa shape index (κ2) is 7.09. The van der Waals surface area contributed by atoms with E-state index in [0.29, 0.717) is 0 Å². The van der Waals surface area contributed by atoms with Crippen molar-refractivity contribution in [2.24, 2.45) is 16.8 Å². The van der Waals surface area contributed by atoms with E-state index in [4.69, 9.17) is 10.9 Å². The molecular formula is C17H23N3O. The molecule has 2 aromatic carbocycles. The van der Waals surface area contributed by atoms with E-state index in [2.05, 4.69) is 59.4 Å². The lowest BCUT2D eigenvalue weighted by Gasteiger charge is -2.24. The van der Waals surface area contributed by atoms with Crippen molar-refractivity contribution in [3.63, 3.8) is 0 Å². The Morgan fingerprint density at radius 1 is 1.24 bits per heavy atom. The topological polar surface area (TPSA) is 61.8 Å². The molecule has 0 radical (unpaired) electrons. The molecule has 0 saturated heterocycles. The first kappa shape index (κ1) is 15.3. The fourth-order valence-corrected chi connectivity index (χ4v) is 2.56. The number of amidine groups is 1. The van der Waals surface area contributed by atoms with Gasteiger partial charge in [-0.2, -0.15) is 0 Å². The van der Waals surface area contributed by atoms with Gasteiger partial charge in [-0.3, -0.25) is 4.90 Å². The molecule has 0 heterocycles. The lowest BCUT2D eigenvalue weighted by Crippen LogP contribution is -2.34. The lowest BCUT2D eigenvalue weighted by molar-refractivity contribution is 0.258. The number of nitrogens with zero attached hydrogens (tertiary/aromatic N) is 2. The summed E-state index contributed by atoms with van der Waals surface area (Å²) < 4.78 is 0. The summed E-state index contributed by atoms with van der Waals surface area (Å²) in [6, 6.07) is 14.8. The van der Waals surface area contributed by atoms with Crippen molar-refractivity contribution in [3.05, 3.63) is 48.0 Å². The minimum absolute atomic E-state index is 0.0323. The van der Waals surface area contributed by atoms with Crippen LogP contribution < -0.4 is 5.73 Å². The zero-order chi connectivity index (χ0) is 15.2.